The van der Waals surface area contributed by atoms with Crippen molar-refractivity contribution in [3.63, 3.8) is 0 Å². The van der Waals surface area contributed by atoms with Crippen molar-refractivity contribution >= 4 is 16.5 Å². The number of anilines is 1. The average Bonchev–Trinajstić information content (AvgIpc) is 2.88. The average molecular weight is 255 g/mol. The van der Waals surface area contributed by atoms with Gasteiger partial charge in [-0.2, -0.15) is 0 Å². The van der Waals surface area contributed by atoms with Crippen LogP contribution in [0.15, 0.2) is 5.38 Å². The lowest BCUT2D eigenvalue weighted by Crippen LogP contribution is -2.36. The number of aliphatic hydroxyl groups excluding tert-OH is 1. The number of likely N-dealkylation sites (N-methyl/N-ethyl adjacent to an activating group) is 2. The molecule has 1 aromatic heterocycles. The molecule has 2 unspecified atom stereocenters. The van der Waals surface area contributed by atoms with Crippen molar-refractivity contribution in [2.24, 2.45) is 0 Å². The molecule has 5 heteroatoms. The van der Waals surface area contributed by atoms with Crippen LogP contribution < -0.4 is 4.90 Å². The van der Waals surface area contributed by atoms with Crippen molar-refractivity contribution in [1.29, 1.82) is 0 Å². The Bertz CT molecular complexity index is 366. The Hall–Kier alpha value is -0.650. The van der Waals surface area contributed by atoms with Gasteiger partial charge in [0, 0.05) is 25.0 Å². The fourth-order valence-corrected chi connectivity index (χ4v) is 3.14. The molecule has 1 N–H and O–H groups in total. The fraction of sp³-hybridized carbons (Fsp3) is 0.750. The molecule has 0 saturated carbocycles. The molecule has 96 valence electrons. The number of nitrogens with zero attached hydrogens (tertiary/aromatic N) is 3. The second-order valence-electron chi connectivity index (χ2n) is 4.89. The van der Waals surface area contributed by atoms with Gasteiger partial charge in [0.15, 0.2) is 5.13 Å². The van der Waals surface area contributed by atoms with Crippen LogP contribution in [0.5, 0.6) is 0 Å². The number of rotatable bonds is 4. The van der Waals surface area contributed by atoms with Crippen molar-refractivity contribution in [3.8, 4) is 0 Å². The van der Waals surface area contributed by atoms with E-state index >= 15 is 0 Å². The summed E-state index contributed by atoms with van der Waals surface area (Å²) in [4.78, 5) is 9.07. The minimum absolute atomic E-state index is 0.470. The van der Waals surface area contributed by atoms with Crippen molar-refractivity contribution in [2.75, 3.05) is 32.1 Å². The summed E-state index contributed by atoms with van der Waals surface area (Å²) in [6, 6.07) is 0.638. The van der Waals surface area contributed by atoms with Crippen molar-refractivity contribution < 1.29 is 5.11 Å². The number of hydrogen-bond acceptors (Lipinski definition) is 5. The number of thiazole rings is 1. The van der Waals surface area contributed by atoms with Gasteiger partial charge in [0.1, 0.15) is 0 Å². The predicted octanol–water partition coefficient (Wildman–Crippen LogP) is 1.73. The van der Waals surface area contributed by atoms with Gasteiger partial charge in [-0.05, 0) is 33.4 Å². The van der Waals surface area contributed by atoms with E-state index in [-0.39, 0.29) is 0 Å². The fourth-order valence-electron chi connectivity index (χ4n) is 2.25. The zero-order chi connectivity index (χ0) is 12.4. The molecule has 1 fully saturated rings. The van der Waals surface area contributed by atoms with Gasteiger partial charge in [-0.1, -0.05) is 0 Å². The van der Waals surface area contributed by atoms with Crippen molar-refractivity contribution in [2.45, 2.75) is 31.9 Å². The molecule has 4 nitrogen and oxygen atoms in total. The monoisotopic (exact) mass is 255 g/mol. The standard InChI is InChI=1S/C12H21N3OS/c1-9(16)11-8-17-12(13-11)15(3)7-10-5-4-6-14(10)2/h8-10,16H,4-7H2,1-3H3. The smallest absolute Gasteiger partial charge is 0.185 e. The molecule has 1 aliphatic rings. The van der Waals surface area contributed by atoms with Gasteiger partial charge in [0.05, 0.1) is 11.8 Å². The summed E-state index contributed by atoms with van der Waals surface area (Å²) in [6.07, 6.45) is 2.10. The molecule has 0 radical (unpaired) electrons. The highest BCUT2D eigenvalue weighted by Gasteiger charge is 2.23. The molecular weight excluding hydrogens is 234 g/mol. The normalized spacial score (nSPS) is 22.9. The summed E-state index contributed by atoms with van der Waals surface area (Å²) in [7, 11) is 4.27. The number of hydrogen-bond donors (Lipinski definition) is 1. The summed E-state index contributed by atoms with van der Waals surface area (Å²) in [6.45, 7) is 3.97. The molecule has 0 amide bonds. The summed E-state index contributed by atoms with van der Waals surface area (Å²) >= 11 is 1.61. The van der Waals surface area contributed by atoms with E-state index in [0.29, 0.717) is 6.04 Å². The van der Waals surface area contributed by atoms with Crippen LogP contribution in [0.2, 0.25) is 0 Å². The van der Waals surface area contributed by atoms with E-state index in [9.17, 15) is 5.11 Å². The number of aromatic nitrogens is 1. The summed E-state index contributed by atoms with van der Waals surface area (Å²) in [5.74, 6) is 0. The summed E-state index contributed by atoms with van der Waals surface area (Å²) in [5.41, 5.74) is 0.775. The minimum Gasteiger partial charge on any atom is -0.387 e. The third-order valence-corrected chi connectivity index (χ3v) is 4.39. The largest absolute Gasteiger partial charge is 0.387 e. The molecule has 2 rings (SSSR count). The topological polar surface area (TPSA) is 39.6 Å². The van der Waals surface area contributed by atoms with E-state index in [1.54, 1.807) is 18.3 Å². The molecular formula is C12H21N3OS. The Morgan fingerprint density at radius 1 is 1.71 bits per heavy atom. The van der Waals surface area contributed by atoms with Gasteiger partial charge in [0.2, 0.25) is 0 Å². The second-order valence-corrected chi connectivity index (χ2v) is 5.72. The molecule has 1 saturated heterocycles. The Morgan fingerprint density at radius 3 is 3.00 bits per heavy atom. The van der Waals surface area contributed by atoms with E-state index < -0.39 is 6.10 Å². The quantitative estimate of drug-likeness (QED) is 0.889. The maximum atomic E-state index is 9.46. The van der Waals surface area contributed by atoms with Crippen LogP contribution in [0.1, 0.15) is 31.6 Å². The van der Waals surface area contributed by atoms with E-state index in [1.165, 1.54) is 19.4 Å². The van der Waals surface area contributed by atoms with E-state index in [4.69, 9.17) is 0 Å². The third-order valence-electron chi connectivity index (χ3n) is 3.42. The zero-order valence-electron chi connectivity index (χ0n) is 10.8. The summed E-state index contributed by atoms with van der Waals surface area (Å²) < 4.78 is 0. The molecule has 1 aromatic rings. The van der Waals surface area contributed by atoms with Crippen LogP contribution in [0.25, 0.3) is 0 Å². The minimum atomic E-state index is -0.470. The Balaban J connectivity index is 1.96. The first kappa shape index (κ1) is 12.8. The highest BCUT2D eigenvalue weighted by Crippen LogP contribution is 2.25. The Kier molecular flexibility index (Phi) is 4.01. The van der Waals surface area contributed by atoms with Crippen LogP contribution >= 0.6 is 11.3 Å². The molecule has 2 heterocycles. The van der Waals surface area contributed by atoms with Crippen molar-refractivity contribution in [1.82, 2.24) is 9.88 Å². The van der Waals surface area contributed by atoms with Gasteiger partial charge in [0.25, 0.3) is 0 Å². The molecule has 0 spiro atoms. The lowest BCUT2D eigenvalue weighted by atomic mass is 10.2. The molecule has 0 aliphatic carbocycles. The maximum absolute atomic E-state index is 9.46. The van der Waals surface area contributed by atoms with Crippen LogP contribution in [0.3, 0.4) is 0 Å². The molecule has 17 heavy (non-hydrogen) atoms. The van der Waals surface area contributed by atoms with E-state index in [2.05, 4.69) is 28.9 Å². The lowest BCUT2D eigenvalue weighted by molar-refractivity contribution is 0.195. The Morgan fingerprint density at radius 2 is 2.47 bits per heavy atom. The van der Waals surface area contributed by atoms with Crippen LogP contribution in [-0.2, 0) is 0 Å². The zero-order valence-corrected chi connectivity index (χ0v) is 11.6. The van der Waals surface area contributed by atoms with Crippen LogP contribution in [-0.4, -0.2) is 48.2 Å². The predicted molar refractivity (Wildman–Crippen MR) is 71.7 cm³/mol. The maximum Gasteiger partial charge on any atom is 0.185 e. The van der Waals surface area contributed by atoms with Gasteiger partial charge >= 0.3 is 0 Å². The first-order chi connectivity index (χ1) is 8.08. The van der Waals surface area contributed by atoms with Gasteiger partial charge in [-0.25, -0.2) is 4.98 Å². The van der Waals surface area contributed by atoms with E-state index in [0.717, 1.165) is 17.4 Å². The lowest BCUT2D eigenvalue weighted by Gasteiger charge is -2.25. The summed E-state index contributed by atoms with van der Waals surface area (Å²) in [5, 5.41) is 12.4. The highest BCUT2D eigenvalue weighted by atomic mass is 32.1. The van der Waals surface area contributed by atoms with Crippen LogP contribution in [0.4, 0.5) is 5.13 Å². The number of likely N-dealkylation sites (tertiary alicyclic amines) is 1. The van der Waals surface area contributed by atoms with Gasteiger partial charge < -0.3 is 14.9 Å². The van der Waals surface area contributed by atoms with E-state index in [1.807, 2.05) is 5.38 Å². The molecule has 0 bridgehead atoms. The van der Waals surface area contributed by atoms with Crippen molar-refractivity contribution in [3.05, 3.63) is 11.1 Å². The SMILES string of the molecule is CC(O)c1csc(N(C)CC2CCCN2C)n1. The van der Waals surface area contributed by atoms with Gasteiger partial charge in [-0.15, -0.1) is 11.3 Å². The Labute approximate surface area is 107 Å². The molecule has 1 aliphatic heterocycles. The molecule has 0 aromatic carbocycles. The first-order valence-electron chi connectivity index (χ1n) is 6.13. The highest BCUT2D eigenvalue weighted by molar-refractivity contribution is 7.13. The molecule has 2 atom stereocenters. The number of aliphatic hydroxyl groups is 1. The first-order valence-corrected chi connectivity index (χ1v) is 7.00. The second kappa shape index (κ2) is 5.33. The van der Waals surface area contributed by atoms with Gasteiger partial charge in [-0.3, -0.25) is 0 Å². The third kappa shape index (κ3) is 2.97. The van der Waals surface area contributed by atoms with Crippen LogP contribution in [0, 0.1) is 0 Å².